The summed E-state index contributed by atoms with van der Waals surface area (Å²) >= 11 is 0. The lowest BCUT2D eigenvalue weighted by atomic mass is 9.73. The van der Waals surface area contributed by atoms with E-state index in [-0.39, 0.29) is 18.1 Å². The molecule has 1 N–H and O–H groups in total. The number of aliphatic carboxylic acids is 1. The van der Waals surface area contributed by atoms with Crippen molar-refractivity contribution in [1.29, 1.82) is 0 Å². The Morgan fingerprint density at radius 2 is 2.00 bits per heavy atom. The van der Waals surface area contributed by atoms with Crippen LogP contribution in [0.5, 0.6) is 0 Å². The summed E-state index contributed by atoms with van der Waals surface area (Å²) in [7, 11) is 0. The minimum absolute atomic E-state index is 0.0811. The molecule has 1 amide bonds. The van der Waals surface area contributed by atoms with Gasteiger partial charge in [-0.25, -0.2) is 0 Å². The lowest BCUT2D eigenvalue weighted by Crippen LogP contribution is -2.33. The Bertz CT molecular complexity index is 542. The Morgan fingerprint density at radius 3 is 2.71 bits per heavy atom. The molecule has 1 aliphatic heterocycles. The smallest absolute Gasteiger partial charge is 0.311 e. The maximum absolute atomic E-state index is 12.6. The van der Waals surface area contributed by atoms with Gasteiger partial charge in [-0.05, 0) is 30.7 Å². The molecule has 3 rings (SSSR count). The molecule has 2 fully saturated rings. The highest BCUT2D eigenvalue weighted by atomic mass is 16.4. The molecule has 5 heteroatoms. The molecular formula is C16H21NO4. The number of furan rings is 1. The summed E-state index contributed by atoms with van der Waals surface area (Å²) in [5, 5.41) is 8.87. The second kappa shape index (κ2) is 5.54. The maximum atomic E-state index is 12.6. The minimum atomic E-state index is -0.982. The number of carbonyl (C=O) groups excluding carboxylic acids is 1. The van der Waals surface area contributed by atoms with Crippen LogP contribution >= 0.6 is 0 Å². The van der Waals surface area contributed by atoms with Gasteiger partial charge in [-0.1, -0.05) is 19.3 Å². The monoisotopic (exact) mass is 291 g/mol. The third-order valence-electron chi connectivity index (χ3n) is 4.93. The van der Waals surface area contributed by atoms with E-state index >= 15 is 0 Å². The van der Waals surface area contributed by atoms with Crippen molar-refractivity contribution < 1.29 is 19.1 Å². The molecule has 1 spiro atoms. The molecule has 1 aromatic heterocycles. The molecule has 1 saturated heterocycles. The van der Waals surface area contributed by atoms with Crippen LogP contribution in [0.2, 0.25) is 0 Å². The summed E-state index contributed by atoms with van der Waals surface area (Å²) in [5.74, 6) is -0.802. The Balaban J connectivity index is 1.72. The summed E-state index contributed by atoms with van der Waals surface area (Å²) in [6.45, 7) is 1.58. The van der Waals surface area contributed by atoms with Crippen molar-refractivity contribution >= 4 is 11.9 Å². The van der Waals surface area contributed by atoms with Gasteiger partial charge in [-0.3, -0.25) is 9.59 Å². The Labute approximate surface area is 123 Å². The first kappa shape index (κ1) is 14.2. The number of hydrogen-bond acceptors (Lipinski definition) is 3. The zero-order valence-corrected chi connectivity index (χ0v) is 12.1. The van der Waals surface area contributed by atoms with Crippen LogP contribution < -0.4 is 0 Å². The first-order chi connectivity index (χ1) is 10.1. The Kier molecular flexibility index (Phi) is 3.74. The topological polar surface area (TPSA) is 70.7 Å². The largest absolute Gasteiger partial charge is 0.481 e. The lowest BCUT2D eigenvalue weighted by Gasteiger charge is -2.33. The van der Waals surface area contributed by atoms with E-state index in [9.17, 15) is 9.59 Å². The van der Waals surface area contributed by atoms with Crippen LogP contribution in [-0.4, -0.2) is 35.0 Å². The lowest BCUT2D eigenvalue weighted by molar-refractivity contribution is -0.136. The van der Waals surface area contributed by atoms with E-state index in [4.69, 9.17) is 9.52 Å². The van der Waals surface area contributed by atoms with Crippen LogP contribution in [0, 0.1) is 5.41 Å². The van der Waals surface area contributed by atoms with Crippen molar-refractivity contribution in [2.24, 2.45) is 5.41 Å². The summed E-state index contributed by atoms with van der Waals surface area (Å²) in [6, 6.07) is 1.59. The fourth-order valence-electron chi connectivity index (χ4n) is 3.79. The highest BCUT2D eigenvalue weighted by molar-refractivity contribution is 5.96. The van der Waals surface area contributed by atoms with E-state index in [1.54, 1.807) is 6.07 Å². The SMILES string of the molecule is O=C(O)Cc1occc1C(=O)N1CCC2(CCCCC2)C1. The molecule has 2 heterocycles. The number of carbonyl (C=O) groups is 2. The third-order valence-corrected chi connectivity index (χ3v) is 4.93. The molecule has 0 aromatic carbocycles. The number of carboxylic acid groups (broad SMARTS) is 1. The molecule has 2 aliphatic rings. The fraction of sp³-hybridized carbons (Fsp3) is 0.625. The molecule has 0 radical (unpaired) electrons. The van der Waals surface area contributed by atoms with E-state index in [1.807, 2.05) is 4.90 Å². The number of carboxylic acids is 1. The molecule has 0 bridgehead atoms. The summed E-state index contributed by atoms with van der Waals surface area (Å²) in [4.78, 5) is 25.3. The highest BCUT2D eigenvalue weighted by Crippen LogP contribution is 2.44. The van der Waals surface area contributed by atoms with Crippen molar-refractivity contribution in [1.82, 2.24) is 4.90 Å². The fourth-order valence-corrected chi connectivity index (χ4v) is 3.79. The molecule has 21 heavy (non-hydrogen) atoms. The van der Waals surface area contributed by atoms with Gasteiger partial charge in [0.1, 0.15) is 12.2 Å². The first-order valence-electron chi connectivity index (χ1n) is 7.67. The van der Waals surface area contributed by atoms with Gasteiger partial charge in [0.05, 0.1) is 11.8 Å². The molecule has 1 aliphatic carbocycles. The summed E-state index contributed by atoms with van der Waals surface area (Å²) < 4.78 is 5.16. The minimum Gasteiger partial charge on any atom is -0.481 e. The number of likely N-dealkylation sites (tertiary alicyclic amines) is 1. The Morgan fingerprint density at radius 1 is 1.24 bits per heavy atom. The summed E-state index contributed by atoms with van der Waals surface area (Å²) in [5.41, 5.74) is 0.718. The van der Waals surface area contributed by atoms with Crippen molar-refractivity contribution in [2.75, 3.05) is 13.1 Å². The van der Waals surface area contributed by atoms with E-state index in [0.717, 1.165) is 19.5 Å². The average Bonchev–Trinajstić information content (AvgIpc) is 3.06. The third kappa shape index (κ3) is 2.82. The van der Waals surface area contributed by atoms with Crippen molar-refractivity contribution in [3.63, 3.8) is 0 Å². The van der Waals surface area contributed by atoms with Gasteiger partial charge in [-0.2, -0.15) is 0 Å². The van der Waals surface area contributed by atoms with Crippen molar-refractivity contribution in [3.05, 3.63) is 23.7 Å². The second-order valence-electron chi connectivity index (χ2n) is 6.37. The van der Waals surface area contributed by atoms with Gasteiger partial charge in [-0.15, -0.1) is 0 Å². The Hall–Kier alpha value is -1.78. The van der Waals surface area contributed by atoms with Crippen LogP contribution in [-0.2, 0) is 11.2 Å². The zero-order valence-electron chi connectivity index (χ0n) is 12.1. The maximum Gasteiger partial charge on any atom is 0.311 e. The van der Waals surface area contributed by atoms with Crippen LogP contribution in [0.4, 0.5) is 0 Å². The number of amides is 1. The molecule has 1 aromatic rings. The van der Waals surface area contributed by atoms with Gasteiger partial charge in [0.15, 0.2) is 0 Å². The van der Waals surface area contributed by atoms with Crippen LogP contribution in [0.25, 0.3) is 0 Å². The molecule has 5 nitrogen and oxygen atoms in total. The van der Waals surface area contributed by atoms with Gasteiger partial charge in [0.25, 0.3) is 5.91 Å². The molecular weight excluding hydrogens is 270 g/mol. The summed E-state index contributed by atoms with van der Waals surface area (Å²) in [6.07, 6.45) is 8.49. The number of rotatable bonds is 3. The van der Waals surface area contributed by atoms with Gasteiger partial charge >= 0.3 is 5.97 Å². The van der Waals surface area contributed by atoms with E-state index in [1.165, 1.54) is 38.4 Å². The second-order valence-corrected chi connectivity index (χ2v) is 6.37. The van der Waals surface area contributed by atoms with Gasteiger partial charge < -0.3 is 14.4 Å². The predicted molar refractivity (Wildman–Crippen MR) is 76.1 cm³/mol. The van der Waals surface area contributed by atoms with Crippen LogP contribution in [0.3, 0.4) is 0 Å². The van der Waals surface area contributed by atoms with E-state index in [2.05, 4.69) is 0 Å². The number of hydrogen-bond donors (Lipinski definition) is 1. The van der Waals surface area contributed by atoms with Gasteiger partial charge in [0, 0.05) is 13.1 Å². The van der Waals surface area contributed by atoms with E-state index < -0.39 is 5.97 Å². The highest BCUT2D eigenvalue weighted by Gasteiger charge is 2.41. The molecule has 1 saturated carbocycles. The van der Waals surface area contributed by atoms with Crippen molar-refractivity contribution in [2.45, 2.75) is 44.9 Å². The standard InChI is InChI=1S/C16H21NO4/c18-14(19)10-13-12(4-9-21-13)15(20)17-8-7-16(11-17)5-2-1-3-6-16/h4,9H,1-3,5-8,10-11H2,(H,18,19). The van der Waals surface area contributed by atoms with Crippen LogP contribution in [0.15, 0.2) is 16.7 Å². The van der Waals surface area contributed by atoms with Crippen molar-refractivity contribution in [3.8, 4) is 0 Å². The molecule has 114 valence electrons. The van der Waals surface area contributed by atoms with Crippen LogP contribution in [0.1, 0.15) is 54.6 Å². The van der Waals surface area contributed by atoms with Gasteiger partial charge in [0.2, 0.25) is 0 Å². The average molecular weight is 291 g/mol. The normalized spacial score (nSPS) is 20.9. The molecule has 0 unspecified atom stereocenters. The zero-order chi connectivity index (χ0) is 14.9. The van der Waals surface area contributed by atoms with E-state index in [0.29, 0.717) is 11.0 Å². The predicted octanol–water partition coefficient (Wildman–Crippen LogP) is 2.70. The number of nitrogens with zero attached hydrogens (tertiary/aromatic N) is 1. The first-order valence-corrected chi connectivity index (χ1v) is 7.67. The molecule has 0 atom stereocenters. The quantitative estimate of drug-likeness (QED) is 0.929.